The van der Waals surface area contributed by atoms with Gasteiger partial charge in [-0.25, -0.2) is 0 Å². The van der Waals surface area contributed by atoms with Gasteiger partial charge in [-0.15, -0.1) is 0 Å². The van der Waals surface area contributed by atoms with Crippen molar-refractivity contribution in [3.63, 3.8) is 0 Å². The van der Waals surface area contributed by atoms with Gasteiger partial charge in [0.15, 0.2) is 0 Å². The third-order valence-electron chi connectivity index (χ3n) is 4.76. The Hall–Kier alpha value is -0.910. The Balaban J connectivity index is 3.16. The number of rotatable bonds is 10. The molecule has 0 radical (unpaired) electrons. The highest BCUT2D eigenvalue weighted by atomic mass is 15.3. The number of aromatic nitrogens is 2. The van der Waals surface area contributed by atoms with E-state index in [2.05, 4.69) is 56.2 Å². The van der Waals surface area contributed by atoms with Gasteiger partial charge in [0.05, 0.1) is 12.2 Å². The van der Waals surface area contributed by atoms with Gasteiger partial charge in [0.25, 0.3) is 0 Å². The summed E-state index contributed by atoms with van der Waals surface area (Å²) in [6.45, 7) is 14.1. The van der Waals surface area contributed by atoms with Gasteiger partial charge in [-0.3, -0.25) is 20.9 Å². The van der Waals surface area contributed by atoms with Crippen molar-refractivity contribution in [1.82, 2.24) is 20.1 Å². The Bertz CT molecular complexity index is 393. The fourth-order valence-corrected chi connectivity index (χ4v) is 3.58. The second-order valence-corrected chi connectivity index (χ2v) is 5.62. The number of likely N-dealkylation sites (N-methyl/N-ethyl adjacent to an activating group) is 1. The molecule has 1 unspecified atom stereocenters. The number of nitrogens with zero attached hydrogens (tertiary/aromatic N) is 3. The summed E-state index contributed by atoms with van der Waals surface area (Å²) < 4.78 is 2.01. The summed E-state index contributed by atoms with van der Waals surface area (Å²) >= 11 is 0. The van der Waals surface area contributed by atoms with Crippen LogP contribution in [0, 0.1) is 0 Å². The van der Waals surface area contributed by atoms with Gasteiger partial charge in [0.2, 0.25) is 0 Å². The highest BCUT2D eigenvalue weighted by Crippen LogP contribution is 2.36. The molecule has 1 atom stereocenters. The van der Waals surface area contributed by atoms with E-state index >= 15 is 0 Å². The number of nitrogens with one attached hydrogen (secondary N) is 1. The molecule has 0 bridgehead atoms. The van der Waals surface area contributed by atoms with Crippen LogP contribution in [-0.4, -0.2) is 33.3 Å². The molecule has 0 aromatic carbocycles. The van der Waals surface area contributed by atoms with Gasteiger partial charge in [-0.2, -0.15) is 5.10 Å². The first-order valence-corrected chi connectivity index (χ1v) is 8.36. The first-order valence-electron chi connectivity index (χ1n) is 8.36. The van der Waals surface area contributed by atoms with E-state index in [4.69, 9.17) is 5.84 Å². The predicted octanol–water partition coefficient (Wildman–Crippen LogP) is 2.70. The molecular formula is C16H33N5. The number of hydrazine groups is 1. The molecule has 3 N–H and O–H groups in total. The van der Waals surface area contributed by atoms with Crippen LogP contribution in [0.2, 0.25) is 0 Å². The summed E-state index contributed by atoms with van der Waals surface area (Å²) in [5.41, 5.74) is 4.28. The number of nitrogens with two attached hydrogens (primary N) is 1. The van der Waals surface area contributed by atoms with Crippen molar-refractivity contribution in [2.45, 2.75) is 72.0 Å². The minimum absolute atomic E-state index is 0.0261. The Morgan fingerprint density at radius 3 is 2.29 bits per heavy atom. The molecule has 0 fully saturated rings. The van der Waals surface area contributed by atoms with Crippen LogP contribution in [0.3, 0.4) is 0 Å². The fourth-order valence-electron chi connectivity index (χ4n) is 3.58. The quantitative estimate of drug-likeness (QED) is 0.515. The van der Waals surface area contributed by atoms with Gasteiger partial charge in [0, 0.05) is 23.8 Å². The molecule has 5 heteroatoms. The van der Waals surface area contributed by atoms with Crippen molar-refractivity contribution in [2.75, 3.05) is 13.1 Å². The third-order valence-corrected chi connectivity index (χ3v) is 4.76. The summed E-state index contributed by atoms with van der Waals surface area (Å²) in [5, 5.41) is 4.47. The van der Waals surface area contributed by atoms with E-state index in [1.54, 1.807) is 0 Å². The SMILES string of the molecule is CCCn1cc(C(NN)C(CC)(CC)N(CC)CC)cn1. The van der Waals surface area contributed by atoms with Crippen LogP contribution in [-0.2, 0) is 6.54 Å². The molecule has 0 amide bonds. The van der Waals surface area contributed by atoms with Crippen LogP contribution < -0.4 is 11.3 Å². The molecule has 1 aromatic rings. The van der Waals surface area contributed by atoms with Crippen molar-refractivity contribution in [3.05, 3.63) is 18.0 Å². The Morgan fingerprint density at radius 2 is 1.86 bits per heavy atom. The number of hydrogen-bond acceptors (Lipinski definition) is 4. The van der Waals surface area contributed by atoms with E-state index in [1.807, 2.05) is 10.9 Å². The molecule has 21 heavy (non-hydrogen) atoms. The van der Waals surface area contributed by atoms with E-state index in [9.17, 15) is 0 Å². The molecule has 0 saturated carbocycles. The van der Waals surface area contributed by atoms with Gasteiger partial charge in [-0.1, -0.05) is 34.6 Å². The summed E-state index contributed by atoms with van der Waals surface area (Å²) in [6.07, 6.45) is 7.30. The molecule has 1 heterocycles. The van der Waals surface area contributed by atoms with Crippen LogP contribution in [0.25, 0.3) is 0 Å². The molecule has 0 aliphatic rings. The van der Waals surface area contributed by atoms with E-state index < -0.39 is 0 Å². The van der Waals surface area contributed by atoms with Crippen molar-refractivity contribution in [2.24, 2.45) is 5.84 Å². The minimum atomic E-state index is 0.0261. The number of hydrogen-bond donors (Lipinski definition) is 2. The second kappa shape index (κ2) is 8.51. The van der Waals surface area contributed by atoms with E-state index in [0.29, 0.717) is 0 Å². The largest absolute Gasteiger partial charge is 0.296 e. The minimum Gasteiger partial charge on any atom is -0.296 e. The molecule has 0 aliphatic heterocycles. The highest BCUT2D eigenvalue weighted by Gasteiger charge is 2.40. The summed E-state index contributed by atoms with van der Waals surface area (Å²) in [5.74, 6) is 5.96. The van der Waals surface area contributed by atoms with Crippen LogP contribution in [0.1, 0.15) is 65.5 Å². The van der Waals surface area contributed by atoms with Crippen molar-refractivity contribution >= 4 is 0 Å². The summed E-state index contributed by atoms with van der Waals surface area (Å²) in [7, 11) is 0. The van der Waals surface area contributed by atoms with E-state index in [-0.39, 0.29) is 11.6 Å². The molecule has 0 spiro atoms. The predicted molar refractivity (Wildman–Crippen MR) is 88.8 cm³/mol. The molecule has 0 saturated heterocycles. The van der Waals surface area contributed by atoms with Gasteiger partial charge < -0.3 is 0 Å². The lowest BCUT2D eigenvalue weighted by Crippen LogP contribution is -2.57. The van der Waals surface area contributed by atoms with Crippen molar-refractivity contribution in [3.8, 4) is 0 Å². The second-order valence-electron chi connectivity index (χ2n) is 5.62. The molecule has 1 rings (SSSR count). The first-order chi connectivity index (χ1) is 10.1. The summed E-state index contributed by atoms with van der Waals surface area (Å²) in [4.78, 5) is 2.52. The Morgan fingerprint density at radius 1 is 1.24 bits per heavy atom. The van der Waals surface area contributed by atoms with Crippen LogP contribution in [0.5, 0.6) is 0 Å². The topological polar surface area (TPSA) is 59.1 Å². The monoisotopic (exact) mass is 295 g/mol. The molecule has 122 valence electrons. The van der Waals surface area contributed by atoms with Crippen LogP contribution >= 0.6 is 0 Å². The van der Waals surface area contributed by atoms with E-state index in [1.165, 1.54) is 5.56 Å². The zero-order valence-corrected chi connectivity index (χ0v) is 14.4. The third kappa shape index (κ3) is 3.65. The average molecular weight is 295 g/mol. The molecule has 0 aliphatic carbocycles. The smallest absolute Gasteiger partial charge is 0.0674 e. The van der Waals surface area contributed by atoms with Gasteiger partial charge >= 0.3 is 0 Å². The lowest BCUT2D eigenvalue weighted by molar-refractivity contribution is 0.0487. The fraction of sp³-hybridized carbons (Fsp3) is 0.812. The molecule has 1 aromatic heterocycles. The maximum Gasteiger partial charge on any atom is 0.0674 e. The standard InChI is InChI=1S/C16H33N5/c1-6-11-21-13-14(12-18-21)15(19-17)16(7-2,8-3)20(9-4)10-5/h12-13,15,19H,6-11,17H2,1-5H3. The highest BCUT2D eigenvalue weighted by molar-refractivity contribution is 5.18. The molecule has 5 nitrogen and oxygen atoms in total. The lowest BCUT2D eigenvalue weighted by Gasteiger charge is -2.47. The normalized spacial score (nSPS) is 13.9. The maximum absolute atomic E-state index is 5.96. The summed E-state index contributed by atoms with van der Waals surface area (Å²) in [6, 6.07) is 0.0954. The number of aryl methyl sites for hydroxylation is 1. The van der Waals surface area contributed by atoms with Crippen molar-refractivity contribution < 1.29 is 0 Å². The van der Waals surface area contributed by atoms with Crippen LogP contribution in [0.4, 0.5) is 0 Å². The molecular weight excluding hydrogens is 262 g/mol. The average Bonchev–Trinajstić information content (AvgIpc) is 2.96. The van der Waals surface area contributed by atoms with Crippen LogP contribution in [0.15, 0.2) is 12.4 Å². The Kier molecular flexibility index (Phi) is 7.35. The zero-order valence-electron chi connectivity index (χ0n) is 14.4. The maximum atomic E-state index is 5.96. The van der Waals surface area contributed by atoms with E-state index in [0.717, 1.165) is 38.9 Å². The zero-order chi connectivity index (χ0) is 15.9. The van der Waals surface area contributed by atoms with Gasteiger partial charge in [-0.05, 0) is 32.4 Å². The lowest BCUT2D eigenvalue weighted by atomic mass is 9.80. The van der Waals surface area contributed by atoms with Crippen molar-refractivity contribution in [1.29, 1.82) is 0 Å². The van der Waals surface area contributed by atoms with Gasteiger partial charge in [0.1, 0.15) is 0 Å². The first kappa shape index (κ1) is 18.1. The Labute approximate surface area is 129 Å².